The summed E-state index contributed by atoms with van der Waals surface area (Å²) < 4.78 is 29.9. The van der Waals surface area contributed by atoms with Crippen LogP contribution in [0.4, 0.5) is 20.5 Å². The van der Waals surface area contributed by atoms with Gasteiger partial charge in [0.15, 0.2) is 5.82 Å². The highest BCUT2D eigenvalue weighted by molar-refractivity contribution is 6.30. The smallest absolute Gasteiger partial charge is 0.265 e. The fraction of sp³-hybridized carbons (Fsp3) is 0.478. The van der Waals surface area contributed by atoms with E-state index < -0.39 is 12.0 Å². The second-order valence-electron chi connectivity index (χ2n) is 10.1. The molecule has 3 fully saturated rings. The third kappa shape index (κ3) is 3.04. The molecule has 1 atom stereocenters. The minimum absolute atomic E-state index is 0.111. The lowest BCUT2D eigenvalue weighted by Gasteiger charge is -2.60. The van der Waals surface area contributed by atoms with Crippen molar-refractivity contribution in [2.24, 2.45) is 5.41 Å². The maximum atomic E-state index is 13.9. The third-order valence-electron chi connectivity index (χ3n) is 7.49. The van der Waals surface area contributed by atoms with Gasteiger partial charge in [-0.25, -0.2) is 13.8 Å². The maximum absolute atomic E-state index is 13.9. The van der Waals surface area contributed by atoms with E-state index in [0.29, 0.717) is 23.9 Å². The first-order valence-corrected chi connectivity index (χ1v) is 11.8. The van der Waals surface area contributed by atoms with Crippen molar-refractivity contribution in [3.8, 4) is 5.69 Å². The number of anilines is 2. The number of alkyl halides is 2. The number of hydrogen-bond donors (Lipinski definition) is 0. The summed E-state index contributed by atoms with van der Waals surface area (Å²) in [5.74, 6) is -0.239. The van der Waals surface area contributed by atoms with Crippen LogP contribution in [-0.2, 0) is 13.1 Å². The second kappa shape index (κ2) is 6.85. The van der Waals surface area contributed by atoms with Crippen molar-refractivity contribution in [2.75, 3.05) is 36.0 Å². The lowest BCUT2D eigenvalue weighted by atomic mass is 9.73. The number of fused-ring (bicyclic) bond motifs is 3. The van der Waals surface area contributed by atoms with Gasteiger partial charge in [0.2, 0.25) is 5.95 Å². The Bertz CT molecular complexity index is 1300. The van der Waals surface area contributed by atoms with Crippen LogP contribution in [0.15, 0.2) is 30.6 Å². The van der Waals surface area contributed by atoms with E-state index in [4.69, 9.17) is 11.6 Å². The van der Waals surface area contributed by atoms with E-state index in [1.165, 1.54) is 0 Å². The maximum Gasteiger partial charge on any atom is 0.265 e. The largest absolute Gasteiger partial charge is 0.354 e. The summed E-state index contributed by atoms with van der Waals surface area (Å²) in [5.41, 5.74) is 2.97. The molecule has 11 heteroatoms. The van der Waals surface area contributed by atoms with Crippen LogP contribution in [0.25, 0.3) is 5.69 Å². The summed E-state index contributed by atoms with van der Waals surface area (Å²) in [5, 5.41) is 9.54. The zero-order chi connectivity index (χ0) is 23.2. The Kier molecular flexibility index (Phi) is 4.13. The Hall–Kier alpha value is -2.85. The number of rotatable bonds is 3. The second-order valence-corrected chi connectivity index (χ2v) is 10.5. The average molecular weight is 485 g/mol. The number of halogens is 3. The van der Waals surface area contributed by atoms with Crippen molar-refractivity contribution in [1.29, 1.82) is 0 Å². The Morgan fingerprint density at radius 3 is 2.47 bits per heavy atom. The first kappa shape index (κ1) is 20.5. The standard InChI is InChI=1S/C23H23ClF2N8/c1-14-20(28-5-4-27-14)32-10-22(11-32)12-33(13-22)21-30-29-19-9-31(18-7-23(18,25)26)8-15-6-16(24)2-3-17(15)34(19)21/h2-6,18H,7-13H2,1H3. The predicted octanol–water partition coefficient (Wildman–Crippen LogP) is 3.07. The average Bonchev–Trinajstić information content (AvgIpc) is 3.25. The van der Waals surface area contributed by atoms with Gasteiger partial charge >= 0.3 is 0 Å². The highest BCUT2D eigenvalue weighted by Crippen LogP contribution is 2.48. The molecule has 8 nitrogen and oxygen atoms in total. The molecular formula is C23H23ClF2N8. The summed E-state index contributed by atoms with van der Waals surface area (Å²) in [6.07, 6.45) is 3.34. The van der Waals surface area contributed by atoms with E-state index in [9.17, 15) is 8.78 Å². The first-order chi connectivity index (χ1) is 16.3. The van der Waals surface area contributed by atoms with E-state index in [1.807, 2.05) is 29.7 Å². The topological polar surface area (TPSA) is 66.2 Å². The molecule has 34 heavy (non-hydrogen) atoms. The van der Waals surface area contributed by atoms with Crippen LogP contribution < -0.4 is 9.80 Å². The summed E-state index contributed by atoms with van der Waals surface area (Å²) >= 11 is 6.28. The van der Waals surface area contributed by atoms with Gasteiger partial charge in [-0.15, -0.1) is 10.2 Å². The summed E-state index contributed by atoms with van der Waals surface area (Å²) in [6, 6.07) is 4.89. The van der Waals surface area contributed by atoms with E-state index in [1.54, 1.807) is 17.3 Å². The summed E-state index contributed by atoms with van der Waals surface area (Å²) in [4.78, 5) is 15.1. The molecule has 1 aliphatic carbocycles. The van der Waals surface area contributed by atoms with Crippen LogP contribution >= 0.6 is 11.6 Å². The molecule has 1 unspecified atom stereocenters. The molecule has 2 saturated heterocycles. The van der Waals surface area contributed by atoms with Gasteiger partial charge in [0.05, 0.1) is 24.0 Å². The lowest BCUT2D eigenvalue weighted by molar-refractivity contribution is 0.0663. The van der Waals surface area contributed by atoms with Gasteiger partial charge in [-0.1, -0.05) is 11.6 Å². The fourth-order valence-electron chi connectivity index (χ4n) is 5.76. The number of benzene rings is 1. The van der Waals surface area contributed by atoms with Crippen molar-refractivity contribution >= 4 is 23.4 Å². The summed E-state index contributed by atoms with van der Waals surface area (Å²) in [6.45, 7) is 6.33. The molecule has 0 amide bonds. The zero-order valence-electron chi connectivity index (χ0n) is 18.6. The zero-order valence-corrected chi connectivity index (χ0v) is 19.4. The number of aromatic nitrogens is 5. The molecule has 1 spiro atoms. The fourth-order valence-corrected chi connectivity index (χ4v) is 5.96. The molecule has 176 valence electrons. The molecule has 5 heterocycles. The van der Waals surface area contributed by atoms with Crippen LogP contribution in [0.5, 0.6) is 0 Å². The van der Waals surface area contributed by atoms with Crippen molar-refractivity contribution < 1.29 is 8.78 Å². The van der Waals surface area contributed by atoms with Gasteiger partial charge in [-0.05, 0) is 30.7 Å². The molecule has 2 aromatic heterocycles. The third-order valence-corrected chi connectivity index (χ3v) is 7.72. The van der Waals surface area contributed by atoms with Crippen LogP contribution in [0.3, 0.4) is 0 Å². The minimum Gasteiger partial charge on any atom is -0.354 e. The van der Waals surface area contributed by atoms with Crippen molar-refractivity contribution in [3.63, 3.8) is 0 Å². The number of nitrogens with zero attached hydrogens (tertiary/aromatic N) is 8. The van der Waals surface area contributed by atoms with Crippen LogP contribution in [0.1, 0.15) is 23.5 Å². The molecular weight excluding hydrogens is 462 g/mol. The van der Waals surface area contributed by atoms with E-state index in [0.717, 1.165) is 54.9 Å². The molecule has 0 radical (unpaired) electrons. The van der Waals surface area contributed by atoms with Crippen molar-refractivity contribution in [1.82, 2.24) is 29.6 Å². The van der Waals surface area contributed by atoms with Gasteiger partial charge < -0.3 is 9.80 Å². The van der Waals surface area contributed by atoms with E-state index in [2.05, 4.69) is 30.0 Å². The van der Waals surface area contributed by atoms with Gasteiger partial charge in [-0.3, -0.25) is 14.5 Å². The van der Waals surface area contributed by atoms with Gasteiger partial charge in [0.1, 0.15) is 5.82 Å². The first-order valence-electron chi connectivity index (χ1n) is 11.4. The van der Waals surface area contributed by atoms with Crippen LogP contribution in [0, 0.1) is 12.3 Å². The normalized spacial score (nSPS) is 24.2. The lowest BCUT2D eigenvalue weighted by Crippen LogP contribution is -2.73. The Morgan fingerprint density at radius 2 is 1.74 bits per heavy atom. The van der Waals surface area contributed by atoms with Crippen molar-refractivity contribution in [2.45, 2.75) is 38.4 Å². The molecule has 3 aromatic rings. The molecule has 3 aliphatic heterocycles. The SMILES string of the molecule is Cc1nccnc1N1CC2(C1)CN(c1nnc3n1-c1ccc(Cl)cc1CN(C1CC1(F)F)C3)C2. The van der Waals surface area contributed by atoms with E-state index in [-0.39, 0.29) is 11.8 Å². The highest BCUT2D eigenvalue weighted by Gasteiger charge is 2.60. The molecule has 0 N–H and O–H groups in total. The van der Waals surface area contributed by atoms with Gasteiger partial charge in [0.25, 0.3) is 5.92 Å². The van der Waals surface area contributed by atoms with Gasteiger partial charge in [0, 0.05) is 62.0 Å². The number of aryl methyl sites for hydroxylation is 1. The van der Waals surface area contributed by atoms with Crippen LogP contribution in [-0.4, -0.2) is 67.8 Å². The molecule has 7 rings (SSSR count). The Morgan fingerprint density at radius 1 is 1.00 bits per heavy atom. The minimum atomic E-state index is -2.64. The molecule has 1 aromatic carbocycles. The Labute approximate surface area is 200 Å². The highest BCUT2D eigenvalue weighted by atomic mass is 35.5. The predicted molar refractivity (Wildman–Crippen MR) is 123 cm³/mol. The summed E-state index contributed by atoms with van der Waals surface area (Å²) in [7, 11) is 0. The monoisotopic (exact) mass is 484 g/mol. The molecule has 0 bridgehead atoms. The quantitative estimate of drug-likeness (QED) is 0.566. The number of hydrogen-bond acceptors (Lipinski definition) is 7. The van der Waals surface area contributed by atoms with Gasteiger partial charge in [-0.2, -0.15) is 0 Å². The van der Waals surface area contributed by atoms with Crippen LogP contribution in [0.2, 0.25) is 5.02 Å². The van der Waals surface area contributed by atoms with Crippen molar-refractivity contribution in [3.05, 3.63) is 52.7 Å². The Balaban J connectivity index is 1.15. The molecule has 4 aliphatic rings. The molecule has 1 saturated carbocycles. The van der Waals surface area contributed by atoms with E-state index >= 15 is 0 Å².